The second kappa shape index (κ2) is 7.68. The normalized spacial score (nSPS) is 15.7. The zero-order valence-electron chi connectivity index (χ0n) is 11.6. The van der Waals surface area contributed by atoms with Gasteiger partial charge in [0.15, 0.2) is 0 Å². The molecule has 1 aromatic carbocycles. The summed E-state index contributed by atoms with van der Waals surface area (Å²) < 4.78 is 0. The van der Waals surface area contributed by atoms with Gasteiger partial charge in [-0.25, -0.2) is 0 Å². The van der Waals surface area contributed by atoms with Crippen LogP contribution in [-0.4, -0.2) is 43.0 Å². The first kappa shape index (κ1) is 14.6. The van der Waals surface area contributed by atoms with Crippen LogP contribution in [0.4, 0.5) is 0 Å². The van der Waals surface area contributed by atoms with Crippen LogP contribution in [0.25, 0.3) is 0 Å². The topological polar surface area (TPSA) is 58.4 Å². The molecule has 1 heterocycles. The molecule has 0 atom stereocenters. The molecule has 0 saturated carbocycles. The Kier molecular flexibility index (Phi) is 5.60. The molecule has 0 radical (unpaired) electrons. The Morgan fingerprint density at radius 3 is 2.65 bits per heavy atom. The fraction of sp³-hybridized carbons (Fsp3) is 0.438. The van der Waals surface area contributed by atoms with Crippen LogP contribution in [0.3, 0.4) is 0 Å². The molecule has 3 N–H and O–H groups in total. The number of hydrogen-bond donors (Lipinski definition) is 2. The Labute approximate surface area is 120 Å². The highest BCUT2D eigenvalue weighted by atomic mass is 16.1. The van der Waals surface area contributed by atoms with Gasteiger partial charge in [-0.05, 0) is 38.1 Å². The molecule has 1 aromatic rings. The van der Waals surface area contributed by atoms with Gasteiger partial charge in [-0.3, -0.25) is 9.69 Å². The Morgan fingerprint density at radius 1 is 1.30 bits per heavy atom. The van der Waals surface area contributed by atoms with Crippen LogP contribution in [0.5, 0.6) is 0 Å². The lowest BCUT2D eigenvalue weighted by Crippen LogP contribution is -2.46. The number of nitrogens with one attached hydrogen (secondary N) is 1. The maximum Gasteiger partial charge on any atom is 0.231 e. The molecule has 0 aliphatic carbocycles. The zero-order chi connectivity index (χ0) is 14.2. The molecule has 1 fully saturated rings. The van der Waals surface area contributed by atoms with Crippen molar-refractivity contribution in [2.75, 3.05) is 26.2 Å². The minimum atomic E-state index is -0.287. The fourth-order valence-electron chi connectivity index (χ4n) is 2.45. The van der Waals surface area contributed by atoms with Crippen molar-refractivity contribution in [3.8, 4) is 11.8 Å². The fourth-order valence-corrected chi connectivity index (χ4v) is 2.45. The van der Waals surface area contributed by atoms with Gasteiger partial charge >= 0.3 is 0 Å². The zero-order valence-corrected chi connectivity index (χ0v) is 11.6. The number of nitrogens with zero attached hydrogens (tertiary/aromatic N) is 1. The molecule has 1 aliphatic rings. The molecule has 2 rings (SSSR count). The Balaban J connectivity index is 1.97. The van der Waals surface area contributed by atoms with Gasteiger partial charge in [0.05, 0.1) is 13.1 Å². The summed E-state index contributed by atoms with van der Waals surface area (Å²) in [7, 11) is 0. The summed E-state index contributed by atoms with van der Waals surface area (Å²) >= 11 is 0. The lowest BCUT2D eigenvalue weighted by molar-refractivity contribution is -0.119. The molecule has 0 aromatic heterocycles. The summed E-state index contributed by atoms with van der Waals surface area (Å²) in [5.41, 5.74) is 6.34. The van der Waals surface area contributed by atoms with Gasteiger partial charge in [-0.15, -0.1) is 0 Å². The van der Waals surface area contributed by atoms with Crippen molar-refractivity contribution in [3.63, 3.8) is 0 Å². The summed E-state index contributed by atoms with van der Waals surface area (Å²) in [5, 5.41) is 3.33. The first-order chi connectivity index (χ1) is 9.75. The Hall–Kier alpha value is -1.83. The van der Waals surface area contributed by atoms with E-state index >= 15 is 0 Å². The van der Waals surface area contributed by atoms with E-state index in [1.807, 2.05) is 30.3 Å². The van der Waals surface area contributed by atoms with Crippen molar-refractivity contribution in [3.05, 3.63) is 35.9 Å². The minimum absolute atomic E-state index is 0.286. The lowest BCUT2D eigenvalue weighted by atomic mass is 10.0. The first-order valence-corrected chi connectivity index (χ1v) is 7.02. The second-order valence-electron chi connectivity index (χ2n) is 5.02. The molecule has 0 unspecified atom stereocenters. The third-order valence-corrected chi connectivity index (χ3v) is 3.47. The van der Waals surface area contributed by atoms with Crippen molar-refractivity contribution in [2.24, 2.45) is 5.73 Å². The van der Waals surface area contributed by atoms with E-state index in [2.05, 4.69) is 22.1 Å². The van der Waals surface area contributed by atoms with E-state index in [1.165, 1.54) is 0 Å². The van der Waals surface area contributed by atoms with Crippen molar-refractivity contribution >= 4 is 5.91 Å². The van der Waals surface area contributed by atoms with Crippen LogP contribution in [0.2, 0.25) is 0 Å². The predicted octanol–water partition coefficient (Wildman–Crippen LogP) is 0.577. The average molecular weight is 271 g/mol. The van der Waals surface area contributed by atoms with Crippen molar-refractivity contribution in [1.82, 2.24) is 10.2 Å². The van der Waals surface area contributed by atoms with Gasteiger partial charge in [0, 0.05) is 11.6 Å². The Morgan fingerprint density at radius 2 is 2.00 bits per heavy atom. The van der Waals surface area contributed by atoms with Gasteiger partial charge in [-0.1, -0.05) is 30.0 Å². The molecule has 1 amide bonds. The maximum atomic E-state index is 11.2. The monoisotopic (exact) mass is 271 g/mol. The van der Waals surface area contributed by atoms with Crippen molar-refractivity contribution < 1.29 is 4.79 Å². The molecule has 1 aliphatic heterocycles. The highest BCUT2D eigenvalue weighted by Gasteiger charge is 2.21. The van der Waals surface area contributed by atoms with Crippen LogP contribution in [0.15, 0.2) is 30.3 Å². The van der Waals surface area contributed by atoms with Gasteiger partial charge in [0.2, 0.25) is 5.91 Å². The summed E-state index contributed by atoms with van der Waals surface area (Å²) in [6.07, 6.45) is 2.08. The van der Waals surface area contributed by atoms with Crippen molar-refractivity contribution in [1.29, 1.82) is 0 Å². The minimum Gasteiger partial charge on any atom is -0.369 e. The number of rotatable bonds is 4. The number of carbonyl (C=O) groups excluding carboxylic acids is 1. The standard InChI is InChI=1S/C16H21N3O/c17-16(20)13-19(15-8-10-18-11-9-15)12-4-7-14-5-2-1-3-6-14/h1-3,5-6,15,18H,8-13H2,(H2,17,20). The first-order valence-electron chi connectivity index (χ1n) is 7.02. The lowest BCUT2D eigenvalue weighted by Gasteiger charge is -2.32. The summed E-state index contributed by atoms with van der Waals surface area (Å²) in [6.45, 7) is 2.86. The van der Waals surface area contributed by atoms with Crippen LogP contribution >= 0.6 is 0 Å². The predicted molar refractivity (Wildman–Crippen MR) is 80.0 cm³/mol. The van der Waals surface area contributed by atoms with Crippen LogP contribution in [0, 0.1) is 11.8 Å². The number of primary amides is 1. The third-order valence-electron chi connectivity index (χ3n) is 3.47. The highest BCUT2D eigenvalue weighted by molar-refractivity contribution is 5.76. The molecule has 20 heavy (non-hydrogen) atoms. The van der Waals surface area contributed by atoms with Crippen LogP contribution < -0.4 is 11.1 Å². The SMILES string of the molecule is NC(=O)CN(CC#Cc1ccccc1)C1CCNCC1. The quantitative estimate of drug-likeness (QED) is 0.788. The summed E-state index contributed by atoms with van der Waals surface area (Å²) in [6, 6.07) is 10.3. The molecule has 0 bridgehead atoms. The number of nitrogens with two attached hydrogens (primary N) is 1. The van der Waals surface area contributed by atoms with Crippen LogP contribution in [-0.2, 0) is 4.79 Å². The van der Waals surface area contributed by atoms with E-state index in [9.17, 15) is 4.79 Å². The second-order valence-corrected chi connectivity index (χ2v) is 5.02. The third kappa shape index (κ3) is 4.69. The number of carbonyl (C=O) groups is 1. The van der Waals surface area contributed by atoms with E-state index in [4.69, 9.17) is 5.73 Å². The molecule has 4 heteroatoms. The molecule has 106 valence electrons. The molecular weight excluding hydrogens is 250 g/mol. The number of amides is 1. The van der Waals surface area contributed by atoms with E-state index in [0.29, 0.717) is 12.6 Å². The summed E-state index contributed by atoms with van der Waals surface area (Å²) in [4.78, 5) is 13.3. The number of hydrogen-bond acceptors (Lipinski definition) is 3. The average Bonchev–Trinajstić information content (AvgIpc) is 2.48. The highest BCUT2D eigenvalue weighted by Crippen LogP contribution is 2.10. The smallest absolute Gasteiger partial charge is 0.231 e. The molecule has 4 nitrogen and oxygen atoms in total. The van der Waals surface area contributed by atoms with E-state index in [-0.39, 0.29) is 12.5 Å². The van der Waals surface area contributed by atoms with E-state index in [1.54, 1.807) is 0 Å². The maximum absolute atomic E-state index is 11.2. The Bertz CT molecular complexity index is 483. The van der Waals surface area contributed by atoms with Gasteiger partial charge in [0.25, 0.3) is 0 Å². The van der Waals surface area contributed by atoms with E-state index in [0.717, 1.165) is 31.5 Å². The van der Waals surface area contributed by atoms with Crippen LogP contribution in [0.1, 0.15) is 18.4 Å². The van der Waals surface area contributed by atoms with E-state index < -0.39 is 0 Å². The largest absolute Gasteiger partial charge is 0.369 e. The molecular formula is C16H21N3O. The molecule has 1 saturated heterocycles. The van der Waals surface area contributed by atoms with Crippen molar-refractivity contribution in [2.45, 2.75) is 18.9 Å². The van der Waals surface area contributed by atoms with Gasteiger partial charge in [-0.2, -0.15) is 0 Å². The molecule has 0 spiro atoms. The number of benzene rings is 1. The summed E-state index contributed by atoms with van der Waals surface area (Å²) in [5.74, 6) is 5.99. The van der Waals surface area contributed by atoms with Gasteiger partial charge < -0.3 is 11.1 Å². The number of piperidine rings is 1. The van der Waals surface area contributed by atoms with Gasteiger partial charge in [0.1, 0.15) is 0 Å².